The molecular formula is C38H44O9Y. The molecule has 0 aromatic heterocycles. The Morgan fingerprint density at radius 3 is 1.46 bits per heavy atom. The number of carbonyl (C=O) groups excluding carboxylic acids is 3. The summed E-state index contributed by atoms with van der Waals surface area (Å²) in [5.74, 6) is 2.75. The number of fused-ring (bicyclic) bond motifs is 3. The van der Waals surface area contributed by atoms with Gasteiger partial charge >= 0.3 is 6.16 Å². The minimum absolute atomic E-state index is 0. The van der Waals surface area contributed by atoms with Crippen molar-refractivity contribution in [1.29, 1.82) is 0 Å². The molecule has 0 unspecified atom stereocenters. The van der Waals surface area contributed by atoms with E-state index in [1.165, 1.54) is 46.5 Å². The maximum Gasteiger partial charge on any atom is 0.514 e. The van der Waals surface area contributed by atoms with E-state index in [2.05, 4.69) is 31.2 Å². The van der Waals surface area contributed by atoms with E-state index < -0.39 is 11.8 Å². The summed E-state index contributed by atoms with van der Waals surface area (Å²) in [6, 6.07) is 24.8. The minimum atomic E-state index is -0.758. The smallest absolute Gasteiger partial charge is 0.508 e. The van der Waals surface area contributed by atoms with Gasteiger partial charge in [-0.15, -0.1) is 0 Å². The van der Waals surface area contributed by atoms with Crippen molar-refractivity contribution in [3.8, 4) is 34.1 Å². The topological polar surface area (TPSA) is 129 Å². The number of hydrogen-bond acceptors (Lipinski definition) is 9. The van der Waals surface area contributed by atoms with Crippen LogP contribution < -0.4 is 14.2 Å². The van der Waals surface area contributed by atoms with Gasteiger partial charge in [0.2, 0.25) is 0 Å². The zero-order valence-corrected chi connectivity index (χ0v) is 31.6. The molecule has 4 aromatic rings. The molecule has 5 rings (SSSR count). The monoisotopic (exact) mass is 733 g/mol. The third-order valence-corrected chi connectivity index (χ3v) is 6.38. The molecule has 0 atom stereocenters. The number of phenolic OH excluding ortho intramolecular Hbond substituents is 1. The number of carbonyl (C=O) groups is 3. The van der Waals surface area contributed by atoms with Gasteiger partial charge in [-0.25, -0.2) is 4.79 Å². The van der Waals surface area contributed by atoms with E-state index in [-0.39, 0.29) is 44.6 Å². The second kappa shape index (κ2) is 20.3. The van der Waals surface area contributed by atoms with Gasteiger partial charge in [-0.2, -0.15) is 0 Å². The molecule has 0 saturated heterocycles. The van der Waals surface area contributed by atoms with Crippen molar-refractivity contribution in [2.45, 2.75) is 59.2 Å². The van der Waals surface area contributed by atoms with Gasteiger partial charge in [0.25, 0.3) is 0 Å². The Kier molecular flexibility index (Phi) is 17.8. The molecule has 1 aliphatic carbocycles. The van der Waals surface area contributed by atoms with Crippen molar-refractivity contribution in [3.63, 3.8) is 0 Å². The van der Waals surface area contributed by atoms with Crippen LogP contribution in [0.4, 0.5) is 4.79 Å². The van der Waals surface area contributed by atoms with Crippen molar-refractivity contribution < 1.29 is 76.3 Å². The summed E-state index contributed by atoms with van der Waals surface area (Å²) >= 11 is 0. The largest absolute Gasteiger partial charge is 0.514 e. The van der Waals surface area contributed by atoms with Crippen LogP contribution in [0.25, 0.3) is 11.1 Å². The average Bonchev–Trinajstić information content (AvgIpc) is 3.31. The van der Waals surface area contributed by atoms with E-state index in [4.69, 9.17) is 29.2 Å². The second-order valence-corrected chi connectivity index (χ2v) is 11.7. The fraction of sp³-hybridized carbons (Fsp3) is 0.289. The van der Waals surface area contributed by atoms with Crippen LogP contribution in [0.15, 0.2) is 84.9 Å². The number of aliphatic hydroxyl groups excluding tert-OH is 1. The van der Waals surface area contributed by atoms with Gasteiger partial charge in [0.05, 0.1) is 14.2 Å². The van der Waals surface area contributed by atoms with E-state index in [1.54, 1.807) is 73.1 Å². The van der Waals surface area contributed by atoms with E-state index in [1.807, 2.05) is 12.1 Å². The van der Waals surface area contributed by atoms with Gasteiger partial charge in [-0.3, -0.25) is 9.59 Å². The van der Waals surface area contributed by atoms with E-state index in [0.717, 1.165) is 24.1 Å². The molecule has 253 valence electrons. The molecule has 10 heteroatoms. The molecule has 1 aliphatic rings. The third kappa shape index (κ3) is 14.0. The zero-order chi connectivity index (χ0) is 35.1. The van der Waals surface area contributed by atoms with Crippen LogP contribution in [0.5, 0.6) is 23.0 Å². The first-order valence-corrected chi connectivity index (χ1v) is 15.0. The first kappa shape index (κ1) is 42.0. The summed E-state index contributed by atoms with van der Waals surface area (Å²) < 4.78 is 20.5. The summed E-state index contributed by atoms with van der Waals surface area (Å²) in [7, 11) is 3.41. The Bertz CT molecular complexity index is 1540. The molecule has 0 aliphatic heterocycles. The fourth-order valence-electron chi connectivity index (χ4n) is 4.24. The normalized spacial score (nSPS) is 10.9. The van der Waals surface area contributed by atoms with Gasteiger partial charge in [0.1, 0.15) is 41.2 Å². The number of benzene rings is 4. The number of rotatable bonds is 5. The molecule has 0 saturated carbocycles. The van der Waals surface area contributed by atoms with Crippen molar-refractivity contribution in [1.82, 2.24) is 0 Å². The van der Waals surface area contributed by atoms with Crippen LogP contribution >= 0.6 is 0 Å². The van der Waals surface area contributed by atoms with Gasteiger partial charge in [-0.1, -0.05) is 19.1 Å². The van der Waals surface area contributed by atoms with Crippen LogP contribution in [-0.2, 0) is 37.4 Å². The van der Waals surface area contributed by atoms with Crippen LogP contribution in [0.1, 0.15) is 79.3 Å². The van der Waals surface area contributed by atoms with E-state index >= 15 is 0 Å². The first-order valence-electron chi connectivity index (χ1n) is 15.0. The maximum atomic E-state index is 11.3. The number of aliphatic hydroxyl groups is 1. The Balaban J connectivity index is 0.000000352. The molecule has 2 N–H and O–H groups in total. The quantitative estimate of drug-likeness (QED) is 0.118. The Morgan fingerprint density at radius 1 is 0.729 bits per heavy atom. The average molecular weight is 734 g/mol. The minimum Gasteiger partial charge on any atom is -0.508 e. The van der Waals surface area contributed by atoms with E-state index in [0.29, 0.717) is 22.8 Å². The number of ether oxygens (including phenoxy) is 4. The molecule has 0 amide bonds. The third-order valence-electron chi connectivity index (χ3n) is 6.38. The molecule has 4 aromatic carbocycles. The van der Waals surface area contributed by atoms with Crippen molar-refractivity contribution in [2.75, 3.05) is 14.2 Å². The number of methoxy groups -OCH3 is 2. The molecule has 9 nitrogen and oxygen atoms in total. The van der Waals surface area contributed by atoms with Crippen LogP contribution in [0.2, 0.25) is 0 Å². The number of hydrogen-bond donors (Lipinski definition) is 2. The van der Waals surface area contributed by atoms with Gasteiger partial charge in [0.15, 0.2) is 0 Å². The van der Waals surface area contributed by atoms with Crippen molar-refractivity contribution >= 4 is 18.7 Å². The summed E-state index contributed by atoms with van der Waals surface area (Å²) in [6.45, 7) is 10.9. The Labute approximate surface area is 308 Å². The molecule has 1 radical (unpaired) electrons. The summed E-state index contributed by atoms with van der Waals surface area (Å²) in [5.41, 5.74) is 5.79. The van der Waals surface area contributed by atoms with Crippen molar-refractivity contribution in [2.24, 2.45) is 0 Å². The molecule has 0 spiro atoms. The summed E-state index contributed by atoms with van der Waals surface area (Å²) in [6.07, 6.45) is 0.530. The first-order chi connectivity index (χ1) is 22.2. The zero-order valence-electron chi connectivity index (χ0n) is 28.7. The number of aromatic hydroxyl groups is 1. The summed E-state index contributed by atoms with van der Waals surface area (Å²) in [4.78, 5) is 31.7. The second-order valence-electron chi connectivity index (χ2n) is 11.7. The van der Waals surface area contributed by atoms with Gasteiger partial charge in [0, 0.05) is 55.9 Å². The maximum absolute atomic E-state index is 11.3. The molecular weight excluding hydrogens is 689 g/mol. The standard InChI is InChI=1S/C16H16O2.C12H14O4.C7H6O2.C3H8O.Y/c1-10-15-8-11(17-2)4-6-13(15)14-7-5-12(18-3)9-16(10)14;1-12(2,3)16-11(14)15-10-6-4-9(8-13)5-7-10;8-5-6-1-3-7(9)4-2-6;1-3(2)4;/h4-10H,1-3H3;4-8H,1-3H3;1-5,9H;3-4H,1-2H3;. The van der Waals surface area contributed by atoms with E-state index in [9.17, 15) is 14.4 Å². The van der Waals surface area contributed by atoms with Crippen LogP contribution in [-0.4, -0.2) is 54.9 Å². The van der Waals surface area contributed by atoms with Crippen LogP contribution in [0.3, 0.4) is 0 Å². The molecule has 0 fully saturated rings. The van der Waals surface area contributed by atoms with Crippen LogP contribution in [0, 0.1) is 0 Å². The molecule has 0 heterocycles. The number of phenols is 1. The van der Waals surface area contributed by atoms with Crippen molar-refractivity contribution in [3.05, 3.63) is 107 Å². The number of aldehydes is 2. The predicted octanol–water partition coefficient (Wildman–Crippen LogP) is 8.24. The molecule has 48 heavy (non-hydrogen) atoms. The molecule has 0 bridgehead atoms. The Morgan fingerprint density at radius 2 is 1.10 bits per heavy atom. The SMILES string of the molecule is CC(C)(C)OC(=O)Oc1ccc(C=O)cc1.CC(C)O.COc1ccc2c(c1)C(C)c1cc(OC)ccc1-2.O=Cc1ccc(O)cc1.[Y]. The van der Waals surface area contributed by atoms with Gasteiger partial charge < -0.3 is 29.2 Å². The predicted molar refractivity (Wildman–Crippen MR) is 182 cm³/mol. The summed E-state index contributed by atoms with van der Waals surface area (Å²) in [5, 5.41) is 16.8. The van der Waals surface area contributed by atoms with Gasteiger partial charge in [-0.05, 0) is 130 Å². The fourth-order valence-corrected chi connectivity index (χ4v) is 4.24. The Hall–Kier alpha value is -4.05.